The van der Waals surface area contributed by atoms with E-state index in [1.165, 1.54) is 0 Å². The lowest BCUT2D eigenvalue weighted by molar-refractivity contribution is -0.112. The molecule has 1 aliphatic rings. The molecular formula is C28H42FNO6. The number of halogens is 1. The van der Waals surface area contributed by atoms with Crippen molar-refractivity contribution in [2.45, 2.75) is 65.6 Å². The molecule has 1 aromatic carbocycles. The van der Waals surface area contributed by atoms with E-state index in [9.17, 15) is 29.6 Å². The number of benzene rings is 1. The van der Waals surface area contributed by atoms with Crippen LogP contribution < -0.4 is 5.32 Å². The number of methoxy groups -OCH3 is 1. The molecule has 0 fully saturated rings. The van der Waals surface area contributed by atoms with Crippen molar-refractivity contribution in [1.29, 1.82) is 0 Å². The fourth-order valence-corrected chi connectivity index (χ4v) is 5.14. The fourth-order valence-electron chi connectivity index (χ4n) is 5.14. The van der Waals surface area contributed by atoms with E-state index in [4.69, 9.17) is 4.74 Å². The highest BCUT2D eigenvalue weighted by Crippen LogP contribution is 2.32. The lowest BCUT2D eigenvalue weighted by Gasteiger charge is -2.29. The first-order valence-electron chi connectivity index (χ1n) is 12.6. The summed E-state index contributed by atoms with van der Waals surface area (Å²) in [5.41, 5.74) is 1.92. The number of aliphatic hydroxyl groups excluding tert-OH is 3. The number of rotatable bonds is 3. The number of carbonyl (C=O) groups is 1. The van der Waals surface area contributed by atoms with Gasteiger partial charge in [-0.3, -0.25) is 4.79 Å². The van der Waals surface area contributed by atoms with Crippen molar-refractivity contribution < 1.29 is 34.3 Å². The van der Waals surface area contributed by atoms with Gasteiger partial charge in [0, 0.05) is 55.4 Å². The van der Waals surface area contributed by atoms with Crippen LogP contribution in [0.25, 0.3) is 0 Å². The average Bonchev–Trinajstić information content (AvgIpc) is 2.83. The number of hydrogen-bond donors (Lipinski definition) is 5. The highest BCUT2D eigenvalue weighted by molar-refractivity contribution is 6.03. The van der Waals surface area contributed by atoms with E-state index >= 15 is 0 Å². The Bertz CT molecular complexity index is 946. The number of aliphatic hydroxyl groups is 3. The van der Waals surface area contributed by atoms with Crippen molar-refractivity contribution in [3.63, 3.8) is 0 Å². The molecule has 1 amide bonds. The third kappa shape index (κ3) is 7.87. The zero-order chi connectivity index (χ0) is 27.0. The minimum absolute atomic E-state index is 0.0977. The summed E-state index contributed by atoms with van der Waals surface area (Å²) in [4.78, 5) is 12.7. The molecule has 36 heavy (non-hydrogen) atoms. The first-order chi connectivity index (χ1) is 17.0. The third-order valence-electron chi connectivity index (χ3n) is 7.17. The number of ether oxygens (including phenoxy) is 1. The molecule has 0 saturated carbocycles. The van der Waals surface area contributed by atoms with E-state index in [-0.39, 0.29) is 48.7 Å². The van der Waals surface area contributed by atoms with Crippen LogP contribution in [-0.4, -0.2) is 58.9 Å². The van der Waals surface area contributed by atoms with Crippen molar-refractivity contribution in [1.82, 2.24) is 0 Å². The summed E-state index contributed by atoms with van der Waals surface area (Å²) in [5, 5.41) is 44.0. The Labute approximate surface area is 213 Å². The summed E-state index contributed by atoms with van der Waals surface area (Å²) in [7, 11) is 1.58. The molecule has 0 aromatic heterocycles. The Kier molecular flexibility index (Phi) is 11.6. The molecule has 0 spiro atoms. The Balaban J connectivity index is 2.47. The SMILES string of the molecule is CO[C@H]1/C(C)=C/[C@H](C)[C@@H](O)[C@@H](CO)C[C@H](C)Cc2cc(cc(F)c2O)NC(=O)/C(C)=C/CC[C@@H]1CO. The van der Waals surface area contributed by atoms with Gasteiger partial charge in [0.1, 0.15) is 0 Å². The van der Waals surface area contributed by atoms with Gasteiger partial charge in [0.2, 0.25) is 0 Å². The first kappa shape index (κ1) is 30.0. The third-order valence-corrected chi connectivity index (χ3v) is 7.17. The predicted octanol–water partition coefficient (Wildman–Crippen LogP) is 3.95. The quantitative estimate of drug-likeness (QED) is 0.312. The molecule has 5 N–H and O–H groups in total. The van der Waals surface area contributed by atoms with Crippen molar-refractivity contribution in [3.05, 3.63) is 46.8 Å². The van der Waals surface area contributed by atoms with Crippen LogP contribution >= 0.6 is 0 Å². The van der Waals surface area contributed by atoms with Gasteiger partial charge >= 0.3 is 0 Å². The fraction of sp³-hybridized carbons (Fsp3) is 0.607. The van der Waals surface area contributed by atoms with Crippen LogP contribution in [0.3, 0.4) is 0 Å². The second kappa shape index (κ2) is 13.9. The predicted molar refractivity (Wildman–Crippen MR) is 138 cm³/mol. The van der Waals surface area contributed by atoms with Crippen molar-refractivity contribution in [2.24, 2.45) is 23.7 Å². The van der Waals surface area contributed by atoms with Gasteiger partial charge in [0.05, 0.1) is 12.2 Å². The number of allylic oxidation sites excluding steroid dienone is 1. The summed E-state index contributed by atoms with van der Waals surface area (Å²) in [6.07, 6.45) is 4.33. The summed E-state index contributed by atoms with van der Waals surface area (Å²) in [6, 6.07) is 2.64. The minimum Gasteiger partial charge on any atom is -0.505 e. The van der Waals surface area contributed by atoms with Crippen molar-refractivity contribution in [3.8, 4) is 5.75 Å². The molecule has 1 aliphatic heterocycles. The monoisotopic (exact) mass is 507 g/mol. The summed E-state index contributed by atoms with van der Waals surface area (Å²) >= 11 is 0. The largest absolute Gasteiger partial charge is 0.505 e. The smallest absolute Gasteiger partial charge is 0.250 e. The maximum atomic E-state index is 14.5. The number of anilines is 1. The number of hydrogen-bond acceptors (Lipinski definition) is 6. The van der Waals surface area contributed by atoms with Crippen LogP contribution in [0.4, 0.5) is 10.1 Å². The molecule has 1 aromatic rings. The van der Waals surface area contributed by atoms with Crippen LogP contribution in [-0.2, 0) is 16.0 Å². The number of nitrogens with one attached hydrogen (secondary N) is 1. The molecule has 2 bridgehead atoms. The molecule has 8 heteroatoms. The van der Waals surface area contributed by atoms with Crippen LogP contribution in [0.5, 0.6) is 5.75 Å². The molecule has 1 heterocycles. The zero-order valence-corrected chi connectivity index (χ0v) is 22.0. The normalized spacial score (nSPS) is 32.2. The van der Waals surface area contributed by atoms with Crippen LogP contribution in [0.15, 0.2) is 35.4 Å². The number of phenols is 1. The van der Waals surface area contributed by atoms with Gasteiger partial charge in [0.15, 0.2) is 11.6 Å². The van der Waals surface area contributed by atoms with Gasteiger partial charge in [0.25, 0.3) is 5.91 Å². The van der Waals surface area contributed by atoms with Gasteiger partial charge in [-0.15, -0.1) is 0 Å². The number of fused-ring (bicyclic) bond motifs is 2. The molecule has 202 valence electrons. The average molecular weight is 508 g/mol. The highest BCUT2D eigenvalue weighted by Gasteiger charge is 2.28. The van der Waals surface area contributed by atoms with Crippen LogP contribution in [0, 0.1) is 29.5 Å². The molecule has 6 atom stereocenters. The summed E-state index contributed by atoms with van der Waals surface area (Å²) in [5.74, 6) is -2.71. The molecular weight excluding hydrogens is 465 g/mol. The topological polar surface area (TPSA) is 119 Å². The second-order valence-corrected chi connectivity index (χ2v) is 10.2. The molecule has 0 radical (unpaired) electrons. The van der Waals surface area contributed by atoms with E-state index in [0.717, 1.165) is 11.6 Å². The van der Waals surface area contributed by atoms with E-state index in [1.807, 2.05) is 26.8 Å². The molecule has 0 unspecified atom stereocenters. The number of carbonyl (C=O) groups excluding carboxylic acids is 1. The molecule has 0 aliphatic carbocycles. The standard InChI is InChI=1S/C28H42FNO6/c1-16-9-21-12-23(13-24(29)26(21)34)30-28(35)17(2)7-6-8-20(14-31)27(36-5)19(4)11-18(3)25(33)22(10-16)15-32/h7,11-13,16,18,20,22,25,27,31-34H,6,8-10,14-15H2,1-5H3,(H,30,35)/b17-7+,19-11+/t16-,18+,20-,22-,25-,27+/m1/s1. The molecule has 7 nitrogen and oxygen atoms in total. The summed E-state index contributed by atoms with van der Waals surface area (Å²) in [6.45, 7) is 7.02. The van der Waals surface area contributed by atoms with Crippen molar-refractivity contribution >= 4 is 11.6 Å². The zero-order valence-electron chi connectivity index (χ0n) is 22.0. The van der Waals surface area contributed by atoms with Gasteiger partial charge in [-0.1, -0.05) is 26.0 Å². The summed E-state index contributed by atoms with van der Waals surface area (Å²) < 4.78 is 20.2. The second-order valence-electron chi connectivity index (χ2n) is 10.2. The van der Waals surface area contributed by atoms with Gasteiger partial charge in [-0.05, 0) is 62.7 Å². The molecule has 2 rings (SSSR count). The van der Waals surface area contributed by atoms with Crippen molar-refractivity contribution in [2.75, 3.05) is 25.6 Å². The Morgan fingerprint density at radius 1 is 1.14 bits per heavy atom. The minimum atomic E-state index is -0.832. The van der Waals surface area contributed by atoms with E-state index in [1.54, 1.807) is 26.2 Å². The maximum absolute atomic E-state index is 14.5. The Hall–Kier alpha value is -2.26. The molecule has 0 saturated heterocycles. The highest BCUT2D eigenvalue weighted by atomic mass is 19.1. The van der Waals surface area contributed by atoms with E-state index < -0.39 is 23.6 Å². The van der Waals surface area contributed by atoms with Gasteiger partial charge < -0.3 is 30.5 Å². The lowest BCUT2D eigenvalue weighted by atomic mass is 9.82. The number of aromatic hydroxyl groups is 1. The Morgan fingerprint density at radius 2 is 1.81 bits per heavy atom. The van der Waals surface area contributed by atoms with Crippen LogP contribution in [0.1, 0.15) is 52.5 Å². The van der Waals surface area contributed by atoms with E-state index in [2.05, 4.69) is 5.32 Å². The Morgan fingerprint density at radius 3 is 2.42 bits per heavy atom. The van der Waals surface area contributed by atoms with Gasteiger partial charge in [-0.25, -0.2) is 4.39 Å². The van der Waals surface area contributed by atoms with E-state index in [0.29, 0.717) is 36.8 Å². The number of phenolic OH excluding ortho intramolecular Hbond substituents is 1. The lowest BCUT2D eigenvalue weighted by Crippen LogP contribution is -2.32. The number of amides is 1. The van der Waals surface area contributed by atoms with Crippen LogP contribution in [0.2, 0.25) is 0 Å². The first-order valence-corrected chi connectivity index (χ1v) is 12.6. The van der Waals surface area contributed by atoms with Gasteiger partial charge in [-0.2, -0.15) is 0 Å². The maximum Gasteiger partial charge on any atom is 0.250 e.